The molecule has 6 nitrogen and oxygen atoms in total. The molecule has 0 radical (unpaired) electrons. The molecular weight excluding hydrogens is 276 g/mol. The Kier molecular flexibility index (Phi) is 5.72. The zero-order valence-corrected chi connectivity index (χ0v) is 12.5. The van der Waals surface area contributed by atoms with Crippen molar-refractivity contribution in [2.75, 3.05) is 20.6 Å². The van der Waals surface area contributed by atoms with Crippen LogP contribution < -0.4 is 11.1 Å². The Morgan fingerprint density at radius 1 is 1.50 bits per heavy atom. The second kappa shape index (κ2) is 7.06. The van der Waals surface area contributed by atoms with Gasteiger partial charge in [-0.2, -0.15) is 0 Å². The topological polar surface area (TPSA) is 87.8 Å². The molecule has 1 aromatic rings. The van der Waals surface area contributed by atoms with Gasteiger partial charge in [0, 0.05) is 20.6 Å². The molecular formula is C13H20N4O2S. The molecule has 0 aromatic heterocycles. The standard InChI is InChI=1S/C13H20N4O2S/c1-4-8-15-13(14)16-10-11-6-5-7-12(9-11)20(18,19)17(2)3/h4-7,9H,1,8,10H2,2-3H3,(H3,14,15,16). The molecule has 3 N–H and O–H groups in total. The number of aliphatic imine (C=N–C) groups is 1. The summed E-state index contributed by atoms with van der Waals surface area (Å²) in [7, 11) is -0.433. The van der Waals surface area contributed by atoms with Gasteiger partial charge in [-0.25, -0.2) is 17.7 Å². The Morgan fingerprint density at radius 2 is 2.20 bits per heavy atom. The van der Waals surface area contributed by atoms with Crippen LogP contribution in [-0.4, -0.2) is 39.3 Å². The van der Waals surface area contributed by atoms with Gasteiger partial charge >= 0.3 is 0 Å². The lowest BCUT2D eigenvalue weighted by Crippen LogP contribution is -2.31. The molecule has 7 heteroatoms. The molecule has 20 heavy (non-hydrogen) atoms. The van der Waals surface area contributed by atoms with Gasteiger partial charge in [0.25, 0.3) is 0 Å². The van der Waals surface area contributed by atoms with E-state index in [1.165, 1.54) is 18.4 Å². The summed E-state index contributed by atoms with van der Waals surface area (Å²) in [6.07, 6.45) is 1.67. The van der Waals surface area contributed by atoms with Gasteiger partial charge in [-0.1, -0.05) is 18.2 Å². The Morgan fingerprint density at radius 3 is 2.80 bits per heavy atom. The van der Waals surface area contributed by atoms with E-state index in [0.717, 1.165) is 5.56 Å². The highest BCUT2D eigenvalue weighted by molar-refractivity contribution is 7.89. The highest BCUT2D eigenvalue weighted by Crippen LogP contribution is 2.15. The lowest BCUT2D eigenvalue weighted by atomic mass is 10.2. The number of hydrogen-bond acceptors (Lipinski definition) is 3. The summed E-state index contributed by atoms with van der Waals surface area (Å²) in [5.74, 6) is 0.297. The molecule has 0 aliphatic heterocycles. The van der Waals surface area contributed by atoms with Crippen LogP contribution in [0.2, 0.25) is 0 Å². The molecule has 0 saturated heterocycles. The van der Waals surface area contributed by atoms with Gasteiger partial charge < -0.3 is 11.1 Å². The molecule has 0 heterocycles. The number of rotatable bonds is 6. The van der Waals surface area contributed by atoms with E-state index in [4.69, 9.17) is 5.73 Å². The van der Waals surface area contributed by atoms with Gasteiger partial charge in [0.05, 0.1) is 11.4 Å². The molecule has 1 aromatic carbocycles. The molecule has 0 saturated carbocycles. The highest BCUT2D eigenvalue weighted by atomic mass is 32.2. The molecule has 110 valence electrons. The predicted molar refractivity (Wildman–Crippen MR) is 80.8 cm³/mol. The summed E-state index contributed by atoms with van der Waals surface area (Å²) in [6, 6.07) is 6.65. The highest BCUT2D eigenvalue weighted by Gasteiger charge is 2.16. The van der Waals surface area contributed by atoms with Crippen LogP contribution in [0.4, 0.5) is 0 Å². The third-order valence-electron chi connectivity index (χ3n) is 2.54. The van der Waals surface area contributed by atoms with Crippen molar-refractivity contribution in [1.82, 2.24) is 9.62 Å². The Hall–Kier alpha value is -1.86. The number of guanidine groups is 1. The summed E-state index contributed by atoms with van der Waals surface area (Å²) in [5.41, 5.74) is 6.42. The van der Waals surface area contributed by atoms with Crippen molar-refractivity contribution >= 4 is 16.0 Å². The maximum absolute atomic E-state index is 12.0. The summed E-state index contributed by atoms with van der Waals surface area (Å²) in [5, 5.41) is 2.85. The largest absolute Gasteiger partial charge is 0.370 e. The van der Waals surface area contributed by atoms with Crippen molar-refractivity contribution in [3.05, 3.63) is 42.5 Å². The Balaban J connectivity index is 2.87. The molecule has 0 unspecified atom stereocenters. The van der Waals surface area contributed by atoms with Crippen LogP contribution in [0.25, 0.3) is 0 Å². The number of benzene rings is 1. The zero-order chi connectivity index (χ0) is 15.2. The predicted octanol–water partition coefficient (Wildman–Crippen LogP) is 0.527. The van der Waals surface area contributed by atoms with E-state index in [1.807, 2.05) is 0 Å². The van der Waals surface area contributed by atoms with Gasteiger partial charge in [0.1, 0.15) is 0 Å². The molecule has 0 spiro atoms. The third kappa shape index (κ3) is 4.36. The maximum Gasteiger partial charge on any atom is 0.242 e. The number of nitrogens with two attached hydrogens (primary N) is 1. The van der Waals surface area contributed by atoms with Crippen molar-refractivity contribution in [3.8, 4) is 0 Å². The number of sulfonamides is 1. The summed E-state index contributed by atoms with van der Waals surface area (Å²) < 4.78 is 25.2. The second-order valence-electron chi connectivity index (χ2n) is 4.31. The minimum absolute atomic E-state index is 0.243. The smallest absolute Gasteiger partial charge is 0.242 e. The lowest BCUT2D eigenvalue weighted by molar-refractivity contribution is 0.520. The van der Waals surface area contributed by atoms with Crippen molar-refractivity contribution in [2.45, 2.75) is 11.4 Å². The third-order valence-corrected chi connectivity index (χ3v) is 4.35. The first-order chi connectivity index (χ1) is 9.37. The first kappa shape index (κ1) is 16.2. The van der Waals surface area contributed by atoms with Crippen molar-refractivity contribution in [1.29, 1.82) is 0 Å². The first-order valence-electron chi connectivity index (χ1n) is 6.04. The van der Waals surface area contributed by atoms with Crippen LogP contribution in [0.3, 0.4) is 0 Å². The fourth-order valence-electron chi connectivity index (χ4n) is 1.42. The van der Waals surface area contributed by atoms with Crippen LogP contribution in [0.1, 0.15) is 5.56 Å². The quantitative estimate of drug-likeness (QED) is 0.455. The molecule has 0 fully saturated rings. The number of hydrogen-bond donors (Lipinski definition) is 2. The van der Waals surface area contributed by atoms with E-state index >= 15 is 0 Å². The van der Waals surface area contributed by atoms with E-state index in [0.29, 0.717) is 19.0 Å². The molecule has 0 amide bonds. The van der Waals surface area contributed by atoms with Crippen molar-refractivity contribution in [2.24, 2.45) is 10.7 Å². The molecule has 0 aliphatic rings. The van der Waals surface area contributed by atoms with Gasteiger partial charge in [0.2, 0.25) is 10.0 Å². The average Bonchev–Trinajstić information content (AvgIpc) is 2.43. The Bertz CT molecular complexity index is 594. The molecule has 0 aliphatic carbocycles. The Labute approximate surface area is 120 Å². The number of nitrogens with one attached hydrogen (secondary N) is 1. The summed E-state index contributed by atoms with van der Waals surface area (Å²) >= 11 is 0. The van der Waals surface area contributed by atoms with Gasteiger partial charge in [0.15, 0.2) is 5.96 Å². The summed E-state index contributed by atoms with van der Waals surface area (Å²) in [4.78, 5) is 4.37. The molecule has 0 atom stereocenters. The van der Waals surface area contributed by atoms with Gasteiger partial charge in [-0.15, -0.1) is 6.58 Å². The van der Waals surface area contributed by atoms with Gasteiger partial charge in [-0.05, 0) is 17.7 Å². The second-order valence-corrected chi connectivity index (χ2v) is 6.46. The fraction of sp³-hybridized carbons (Fsp3) is 0.308. The van der Waals surface area contributed by atoms with Crippen LogP contribution in [0, 0.1) is 0 Å². The van der Waals surface area contributed by atoms with E-state index in [-0.39, 0.29) is 4.90 Å². The van der Waals surface area contributed by atoms with Crippen LogP contribution >= 0.6 is 0 Å². The van der Waals surface area contributed by atoms with Crippen LogP contribution in [0.5, 0.6) is 0 Å². The summed E-state index contributed by atoms with van der Waals surface area (Å²) in [6.45, 7) is 4.41. The zero-order valence-electron chi connectivity index (χ0n) is 11.7. The van der Waals surface area contributed by atoms with E-state index in [9.17, 15) is 8.42 Å². The van der Waals surface area contributed by atoms with E-state index in [1.54, 1.807) is 30.3 Å². The lowest BCUT2D eigenvalue weighted by Gasteiger charge is -2.11. The minimum atomic E-state index is -3.43. The van der Waals surface area contributed by atoms with E-state index in [2.05, 4.69) is 16.9 Å². The van der Waals surface area contributed by atoms with Crippen molar-refractivity contribution < 1.29 is 8.42 Å². The maximum atomic E-state index is 12.0. The number of nitrogens with zero attached hydrogens (tertiary/aromatic N) is 2. The SMILES string of the molecule is C=CCNC(N)=NCc1cccc(S(=O)(=O)N(C)C)c1. The van der Waals surface area contributed by atoms with Crippen molar-refractivity contribution in [3.63, 3.8) is 0 Å². The van der Waals surface area contributed by atoms with Crippen LogP contribution in [0.15, 0.2) is 46.8 Å². The van der Waals surface area contributed by atoms with Crippen LogP contribution in [-0.2, 0) is 16.6 Å². The normalized spacial score (nSPS) is 12.4. The average molecular weight is 296 g/mol. The first-order valence-corrected chi connectivity index (χ1v) is 7.48. The van der Waals surface area contributed by atoms with E-state index < -0.39 is 10.0 Å². The van der Waals surface area contributed by atoms with Gasteiger partial charge in [-0.3, -0.25) is 0 Å². The molecule has 1 rings (SSSR count). The minimum Gasteiger partial charge on any atom is -0.370 e. The fourth-order valence-corrected chi connectivity index (χ4v) is 2.40. The monoisotopic (exact) mass is 296 g/mol. The molecule has 0 bridgehead atoms.